The number of nitrogens with zero attached hydrogens (tertiary/aromatic N) is 2. The minimum Gasteiger partial charge on any atom is -0.365 e. The van der Waals surface area contributed by atoms with Gasteiger partial charge in [-0.3, -0.25) is 40.1 Å². The molecule has 3 aromatic carbocycles. The van der Waals surface area contributed by atoms with Crippen molar-refractivity contribution >= 4 is 373 Å². The molecule has 0 radical (unpaired) electrons. The van der Waals surface area contributed by atoms with Crippen LogP contribution in [0.25, 0.3) is 0 Å². The van der Waals surface area contributed by atoms with Crippen molar-refractivity contribution in [3.8, 4) is 0 Å². The van der Waals surface area contributed by atoms with E-state index in [2.05, 4.69) is 128 Å². The highest BCUT2D eigenvalue weighted by Crippen LogP contribution is 2.39. The average molecular weight is 1970 g/mol. The molecule has 0 bridgehead atoms. The predicted octanol–water partition coefficient (Wildman–Crippen LogP) is 11.6. The van der Waals surface area contributed by atoms with Crippen LogP contribution < -0.4 is 54.4 Å². The number of halogens is 4. The maximum absolute atomic E-state index is 12.3. The highest BCUT2D eigenvalue weighted by atomic mass is 35.5. The topological polar surface area (TPSA) is 288 Å². The van der Waals surface area contributed by atoms with Crippen LogP contribution in [0.15, 0.2) is 72.8 Å². The molecule has 566 valence electrons. The zero-order chi connectivity index (χ0) is 75.2. The molecular weight excluding hydrogens is 1900 g/mol. The lowest BCUT2D eigenvalue weighted by Crippen LogP contribution is -2.22. The van der Waals surface area contributed by atoms with Crippen LogP contribution in [0.2, 0.25) is 15.1 Å². The largest absolute Gasteiger partial charge is 0.365 e. The second-order valence-corrected chi connectivity index (χ2v) is 53.8. The molecular formula is C54H64Cl4N12O7S26. The van der Waals surface area contributed by atoms with E-state index in [1.54, 1.807) is 153 Å². The van der Waals surface area contributed by atoms with Crippen molar-refractivity contribution in [3.63, 3.8) is 0 Å². The van der Waals surface area contributed by atoms with Crippen LogP contribution in [0.1, 0.15) is 102 Å². The number of nitrogens with two attached hydrogens (primary N) is 3. The molecule has 0 saturated heterocycles. The van der Waals surface area contributed by atoms with E-state index in [0.29, 0.717) is 70.4 Å². The summed E-state index contributed by atoms with van der Waals surface area (Å²) < 4.78 is 0. The van der Waals surface area contributed by atoms with Crippen LogP contribution in [0.3, 0.4) is 0 Å². The number of nitrogens with one attached hydrogen (secondary N) is 7. The van der Waals surface area contributed by atoms with E-state index in [0.717, 1.165) is 122 Å². The highest BCUT2D eigenvalue weighted by molar-refractivity contribution is 8.72. The standard InChI is InChI=1S/2C18H21ClN4O2S.C16H17ClN4O2S.C2H4O.ClH.S9.S8.S6/c2*1-2-23-9-3-4-13-14(10-23)26-17(15(13)16(20)24)22-18(25)21-12-7-5-11(19)6-8-12;17-9-3-5-10(6-4-9)20-16(23)21-15-13(14(18)22)11-2-1-7-19-8-12(11)24-15;1-2-3;;1-3-5-7-9-8-6-4-2;1-3-5-7-8-6-4-2;1-3-5-6-4-2/h2*5-8H,2-4,9-10H2,1H3,(H2,20,24)(H2,21,22,25);3-6,19H,1-2,7-8H2,(H2,18,22)(H2,20,21,23);2H,1H3;1H;;;. The Kier molecular flexibility index (Phi) is 55.7. The number of primary amides is 3. The van der Waals surface area contributed by atoms with Crippen molar-refractivity contribution < 1.29 is 33.6 Å². The summed E-state index contributed by atoms with van der Waals surface area (Å²) in [5.41, 5.74) is 22.8. The predicted molar refractivity (Wildman–Crippen MR) is 498 cm³/mol. The summed E-state index contributed by atoms with van der Waals surface area (Å²) >= 11 is 49.3. The van der Waals surface area contributed by atoms with Crippen molar-refractivity contribution in [2.45, 2.75) is 78.9 Å². The Bertz CT molecular complexity index is 4480. The quantitative estimate of drug-likeness (QED) is 0.0540. The first-order valence-corrected chi connectivity index (χ1v) is 58.9. The van der Waals surface area contributed by atoms with E-state index < -0.39 is 35.8 Å². The minimum absolute atomic E-state index is 0. The molecule has 49 heteroatoms. The fourth-order valence-electron chi connectivity index (χ4n) is 8.95. The third-order valence-electron chi connectivity index (χ3n) is 12.9. The first kappa shape index (κ1) is 97.8. The van der Waals surface area contributed by atoms with Crippen molar-refractivity contribution in [2.24, 2.45) is 17.2 Å². The Morgan fingerprint density at radius 2 is 0.718 bits per heavy atom. The van der Waals surface area contributed by atoms with Gasteiger partial charge in [-0.15, -0.1) is 46.4 Å². The lowest BCUT2D eigenvalue weighted by molar-refractivity contribution is -0.106. The van der Waals surface area contributed by atoms with Gasteiger partial charge in [0.25, 0.3) is 17.7 Å². The smallest absolute Gasteiger partial charge is 0.324 e. The summed E-state index contributed by atoms with van der Waals surface area (Å²) in [4.78, 5) is 89.5. The van der Waals surface area contributed by atoms with Gasteiger partial charge in [0.1, 0.15) is 21.3 Å². The van der Waals surface area contributed by atoms with Gasteiger partial charge in [-0.2, -0.15) is 0 Å². The molecule has 103 heavy (non-hydrogen) atoms. The summed E-state index contributed by atoms with van der Waals surface area (Å²) in [6.07, 6.45) is 5.97. The molecule has 0 spiro atoms. The molecule has 9 amide bonds. The summed E-state index contributed by atoms with van der Waals surface area (Å²) in [7, 11) is 25.7. The van der Waals surface area contributed by atoms with Gasteiger partial charge in [0.15, 0.2) is 0 Å². The molecule has 6 aromatic rings. The number of anilines is 6. The summed E-state index contributed by atoms with van der Waals surface area (Å²) in [6.45, 7) is 12.7. The Morgan fingerprint density at radius 3 is 1.00 bits per heavy atom. The van der Waals surface area contributed by atoms with Crippen molar-refractivity contribution in [3.05, 3.63) is 136 Å². The van der Waals surface area contributed by atoms with E-state index in [1.165, 1.54) is 112 Å². The SMILES string of the molecule is CC=O.CCN1CCCc2c(sc(NC(=O)Nc3ccc(Cl)cc3)c2C(N)=O)C1.CCN1CCCc2c(sc(NC(=O)Nc3ccc(Cl)cc3)c2C(N)=O)C1.Cl.NC(=O)c1c(NC(=O)Nc2ccc(Cl)cc2)sc2c1CCCNC2.S=S=S=S=S=S.S=S=S=S=S=S=S=S.S=S=S=S=S=S=S=S=S. The van der Waals surface area contributed by atoms with Gasteiger partial charge in [-0.05, 0) is 168 Å². The molecule has 19 nitrogen and oxygen atoms in total. The zero-order valence-corrected chi connectivity index (χ0v) is 77.9. The summed E-state index contributed by atoms with van der Waals surface area (Å²) in [6, 6.07) is 19.1. The van der Waals surface area contributed by atoms with E-state index in [1.807, 2.05) is 0 Å². The Labute approximate surface area is 708 Å². The first-order valence-electron chi connectivity index (χ1n) is 28.6. The number of carbonyl (C=O) groups is 7. The zero-order valence-electron chi connectivity index (χ0n) is 53.5. The fraction of sp³-hybridized carbons (Fsp3) is 0.315. The van der Waals surface area contributed by atoms with E-state index in [4.69, 9.17) is 56.8 Å². The van der Waals surface area contributed by atoms with Crippen LogP contribution in [-0.4, -0.2) is 84.6 Å². The number of amides is 9. The molecule has 3 aliphatic rings. The monoisotopic (exact) mass is 1960 g/mol. The number of thiophene rings is 3. The molecule has 0 unspecified atom stereocenters. The molecule has 6 heterocycles. The molecule has 3 aromatic heterocycles. The number of carbonyl (C=O) groups excluding carboxylic acids is 7. The van der Waals surface area contributed by atoms with Gasteiger partial charge >= 0.3 is 18.1 Å². The number of hydrogen-bond donors (Lipinski definition) is 10. The van der Waals surface area contributed by atoms with Gasteiger partial charge in [0.05, 0.1) is 16.7 Å². The van der Waals surface area contributed by atoms with Crippen molar-refractivity contribution in [1.82, 2.24) is 15.1 Å². The van der Waals surface area contributed by atoms with Gasteiger partial charge in [0.2, 0.25) is 0 Å². The molecule has 9 rings (SSSR count). The molecule has 0 fully saturated rings. The number of rotatable bonds is 11. The number of urea groups is 3. The number of hydrogen-bond acceptors (Lipinski definition) is 19. The number of aldehydes is 1. The summed E-state index contributed by atoms with van der Waals surface area (Å²) in [5.74, 6) is -1.53. The van der Waals surface area contributed by atoms with Crippen LogP contribution in [0.5, 0.6) is 0 Å². The van der Waals surface area contributed by atoms with Gasteiger partial charge < -0.3 is 43.3 Å². The maximum Gasteiger partial charge on any atom is 0.324 e. The second-order valence-electron chi connectivity index (χ2n) is 19.1. The third kappa shape index (κ3) is 39.0. The molecule has 0 aliphatic carbocycles. The fourth-order valence-corrected chi connectivity index (χ4v) is 43.3. The number of benzene rings is 3. The highest BCUT2D eigenvalue weighted by Gasteiger charge is 2.29. The second kappa shape index (κ2) is 58.6. The normalized spacial score (nSPS) is 12.0. The average Bonchev–Trinajstić information content (AvgIpc) is 1.67. The van der Waals surface area contributed by atoms with E-state index in [9.17, 15) is 28.8 Å². The Hall–Kier alpha value is -1.25. The van der Waals surface area contributed by atoms with Gasteiger partial charge in [0, 0.05) is 284 Å². The lowest BCUT2D eigenvalue weighted by Gasteiger charge is -2.16. The van der Waals surface area contributed by atoms with Crippen LogP contribution in [0.4, 0.5) is 46.4 Å². The maximum atomic E-state index is 12.3. The van der Waals surface area contributed by atoms with Crippen LogP contribution >= 0.6 is 81.2 Å². The van der Waals surface area contributed by atoms with Gasteiger partial charge in [-0.1, -0.05) is 48.7 Å². The minimum atomic E-state index is -0.517. The first-order chi connectivity index (χ1) is 49.1. The molecule has 3 aliphatic heterocycles. The van der Waals surface area contributed by atoms with Gasteiger partial charge in [-0.25, -0.2) is 14.4 Å². The van der Waals surface area contributed by atoms with E-state index >= 15 is 0 Å². The summed E-state index contributed by atoms with van der Waals surface area (Å²) in [5, 5.41) is 23.0. The lowest BCUT2D eigenvalue weighted by atomic mass is 10.1. The number of fused-ring (bicyclic) bond motifs is 3. The Balaban J connectivity index is 0.000000446. The third-order valence-corrected chi connectivity index (χ3v) is 48.2. The van der Waals surface area contributed by atoms with Crippen molar-refractivity contribution in [2.75, 3.05) is 64.6 Å². The molecule has 0 atom stereocenters. The van der Waals surface area contributed by atoms with Crippen molar-refractivity contribution in [1.29, 1.82) is 0 Å². The van der Waals surface area contributed by atoms with E-state index in [-0.39, 0.29) is 12.4 Å². The van der Waals surface area contributed by atoms with Crippen LogP contribution in [0, 0.1) is 0 Å². The molecule has 13 N–H and O–H groups in total. The Morgan fingerprint density at radius 1 is 0.456 bits per heavy atom. The van der Waals surface area contributed by atoms with Crippen LogP contribution in [-0.2, 0) is 262 Å². The molecule has 0 saturated carbocycles.